The molecule has 3 rings (SSSR count). The summed E-state index contributed by atoms with van der Waals surface area (Å²) in [5.74, 6) is 7.41. The smallest absolute Gasteiger partial charge is 0.131 e. The van der Waals surface area contributed by atoms with Crippen molar-refractivity contribution in [2.75, 3.05) is 0 Å². The summed E-state index contributed by atoms with van der Waals surface area (Å²) in [6.07, 6.45) is 7.72. The molecular formula is C15H20N4. The molecule has 0 spiro atoms. The Morgan fingerprint density at radius 3 is 2.84 bits per heavy atom. The molecule has 1 aromatic heterocycles. The van der Waals surface area contributed by atoms with Gasteiger partial charge in [-0.05, 0) is 29.9 Å². The van der Waals surface area contributed by atoms with Gasteiger partial charge >= 0.3 is 0 Å². The highest BCUT2D eigenvalue weighted by Gasteiger charge is 2.22. The lowest BCUT2D eigenvalue weighted by Gasteiger charge is -2.27. The molecule has 2 aromatic rings. The highest BCUT2D eigenvalue weighted by Crippen LogP contribution is 2.37. The quantitative estimate of drug-likeness (QED) is 0.651. The highest BCUT2D eigenvalue weighted by molar-refractivity contribution is 5.32. The molecule has 0 bridgehead atoms. The first-order valence-electron chi connectivity index (χ1n) is 6.83. The van der Waals surface area contributed by atoms with Gasteiger partial charge in [0.15, 0.2) is 0 Å². The molecule has 1 aliphatic rings. The molecule has 4 heteroatoms. The van der Waals surface area contributed by atoms with Crippen molar-refractivity contribution in [1.82, 2.24) is 15.0 Å². The lowest BCUT2D eigenvalue weighted by atomic mass is 9.79. The second-order valence-electron chi connectivity index (χ2n) is 5.29. The third-order valence-corrected chi connectivity index (χ3v) is 4.10. The molecule has 1 unspecified atom stereocenters. The summed E-state index contributed by atoms with van der Waals surface area (Å²) in [6.45, 7) is 0. The molecule has 100 valence electrons. The van der Waals surface area contributed by atoms with Crippen molar-refractivity contribution in [2.45, 2.75) is 31.2 Å². The summed E-state index contributed by atoms with van der Waals surface area (Å²) in [5.41, 5.74) is 5.49. The second-order valence-corrected chi connectivity index (χ2v) is 5.29. The number of nitrogens with two attached hydrogens (primary N) is 1. The van der Waals surface area contributed by atoms with E-state index >= 15 is 0 Å². The Bertz CT molecular complexity index is 557. The molecule has 0 aliphatic heterocycles. The fourth-order valence-corrected chi connectivity index (χ4v) is 2.71. The number of nitrogens with zero attached hydrogens (tertiary/aromatic N) is 2. The van der Waals surface area contributed by atoms with Crippen LogP contribution in [0.15, 0.2) is 36.7 Å². The average molecular weight is 256 g/mol. The third-order valence-electron chi connectivity index (χ3n) is 4.10. The normalized spacial score (nSPS) is 17.2. The van der Waals surface area contributed by atoms with E-state index in [1.165, 1.54) is 30.4 Å². The van der Waals surface area contributed by atoms with Crippen molar-refractivity contribution in [3.63, 3.8) is 0 Å². The van der Waals surface area contributed by atoms with Crippen molar-refractivity contribution in [3.8, 4) is 0 Å². The number of hydrogen-bond acceptors (Lipinski definition) is 3. The summed E-state index contributed by atoms with van der Waals surface area (Å²) in [5, 5.41) is 0. The predicted molar refractivity (Wildman–Crippen MR) is 75.4 cm³/mol. The number of benzene rings is 1. The van der Waals surface area contributed by atoms with Gasteiger partial charge in [0.25, 0.3) is 0 Å². The van der Waals surface area contributed by atoms with Gasteiger partial charge in [0.2, 0.25) is 0 Å². The Balaban J connectivity index is 1.93. The number of hydrazine groups is 1. The van der Waals surface area contributed by atoms with Gasteiger partial charge in [-0.3, -0.25) is 5.84 Å². The topological polar surface area (TPSA) is 55.9 Å². The van der Waals surface area contributed by atoms with Crippen LogP contribution in [0.25, 0.3) is 0 Å². The standard InChI is InChI=1S/C15H20N4/c1-19-9-8-17-15(19)14(18-16)13-7-3-6-12(10-13)11-4-2-5-11/h3,6-11,14,18H,2,4-5,16H2,1H3. The van der Waals surface area contributed by atoms with Gasteiger partial charge in [-0.15, -0.1) is 0 Å². The zero-order valence-corrected chi connectivity index (χ0v) is 11.2. The zero-order chi connectivity index (χ0) is 13.2. The van der Waals surface area contributed by atoms with Crippen LogP contribution in [-0.4, -0.2) is 9.55 Å². The van der Waals surface area contributed by atoms with E-state index in [1.54, 1.807) is 6.20 Å². The number of hydrogen-bond donors (Lipinski definition) is 2. The van der Waals surface area contributed by atoms with E-state index in [0.29, 0.717) is 0 Å². The van der Waals surface area contributed by atoms with E-state index in [4.69, 9.17) is 5.84 Å². The van der Waals surface area contributed by atoms with Gasteiger partial charge in [0.05, 0.1) is 0 Å². The monoisotopic (exact) mass is 256 g/mol. The highest BCUT2D eigenvalue weighted by atomic mass is 15.3. The maximum absolute atomic E-state index is 5.73. The van der Waals surface area contributed by atoms with Crippen molar-refractivity contribution in [3.05, 3.63) is 53.6 Å². The average Bonchev–Trinajstić information content (AvgIpc) is 2.75. The molecule has 0 radical (unpaired) electrons. The van der Waals surface area contributed by atoms with Crippen LogP contribution < -0.4 is 11.3 Å². The molecule has 1 atom stereocenters. The van der Waals surface area contributed by atoms with Crippen molar-refractivity contribution in [2.24, 2.45) is 12.9 Å². The van der Waals surface area contributed by atoms with Crippen LogP contribution in [0, 0.1) is 0 Å². The predicted octanol–water partition coefficient (Wildman–Crippen LogP) is 2.24. The molecule has 1 heterocycles. The molecule has 3 N–H and O–H groups in total. The molecule has 4 nitrogen and oxygen atoms in total. The SMILES string of the molecule is Cn1ccnc1C(NN)c1cccc(C2CCC2)c1. The molecule has 19 heavy (non-hydrogen) atoms. The van der Waals surface area contributed by atoms with E-state index < -0.39 is 0 Å². The molecule has 1 fully saturated rings. The number of nitrogens with one attached hydrogen (secondary N) is 1. The van der Waals surface area contributed by atoms with Gasteiger partial charge in [0.1, 0.15) is 11.9 Å². The minimum atomic E-state index is -0.0555. The lowest BCUT2D eigenvalue weighted by Crippen LogP contribution is -2.31. The molecule has 1 saturated carbocycles. The molecule has 1 aliphatic carbocycles. The second kappa shape index (κ2) is 5.15. The summed E-state index contributed by atoms with van der Waals surface area (Å²) >= 11 is 0. The van der Waals surface area contributed by atoms with Gasteiger partial charge in [-0.2, -0.15) is 0 Å². The molecular weight excluding hydrogens is 236 g/mol. The van der Waals surface area contributed by atoms with Crippen LogP contribution >= 0.6 is 0 Å². The summed E-state index contributed by atoms with van der Waals surface area (Å²) in [4.78, 5) is 4.39. The number of imidazole rings is 1. The van der Waals surface area contributed by atoms with Crippen LogP contribution in [0.5, 0.6) is 0 Å². The van der Waals surface area contributed by atoms with Gasteiger partial charge in [-0.1, -0.05) is 30.7 Å². The minimum Gasteiger partial charge on any atom is -0.336 e. The largest absolute Gasteiger partial charge is 0.336 e. The molecule has 0 saturated heterocycles. The van der Waals surface area contributed by atoms with E-state index in [9.17, 15) is 0 Å². The molecule has 0 amide bonds. The van der Waals surface area contributed by atoms with Gasteiger partial charge in [0, 0.05) is 19.4 Å². The van der Waals surface area contributed by atoms with E-state index in [-0.39, 0.29) is 6.04 Å². The Morgan fingerprint density at radius 1 is 1.42 bits per heavy atom. The first-order valence-corrected chi connectivity index (χ1v) is 6.83. The van der Waals surface area contributed by atoms with Crippen LogP contribution in [-0.2, 0) is 7.05 Å². The Kier molecular flexibility index (Phi) is 3.36. The number of aryl methyl sites for hydroxylation is 1. The number of rotatable bonds is 4. The van der Waals surface area contributed by atoms with Crippen LogP contribution in [0.1, 0.15) is 48.2 Å². The fourth-order valence-electron chi connectivity index (χ4n) is 2.71. The van der Waals surface area contributed by atoms with Crippen LogP contribution in [0.4, 0.5) is 0 Å². The van der Waals surface area contributed by atoms with Crippen LogP contribution in [0.3, 0.4) is 0 Å². The van der Waals surface area contributed by atoms with Crippen molar-refractivity contribution >= 4 is 0 Å². The van der Waals surface area contributed by atoms with E-state index in [1.807, 2.05) is 17.8 Å². The Hall–Kier alpha value is -1.65. The number of aromatic nitrogens is 2. The summed E-state index contributed by atoms with van der Waals surface area (Å²) in [6, 6.07) is 8.67. The van der Waals surface area contributed by atoms with E-state index in [2.05, 4.69) is 34.7 Å². The van der Waals surface area contributed by atoms with Gasteiger partial charge in [-0.25, -0.2) is 10.4 Å². The third kappa shape index (κ3) is 2.29. The first kappa shape index (κ1) is 12.4. The Labute approximate surface area is 113 Å². The maximum atomic E-state index is 5.73. The summed E-state index contributed by atoms with van der Waals surface area (Å²) < 4.78 is 2.00. The van der Waals surface area contributed by atoms with Crippen molar-refractivity contribution < 1.29 is 0 Å². The maximum Gasteiger partial charge on any atom is 0.131 e. The van der Waals surface area contributed by atoms with Crippen molar-refractivity contribution in [1.29, 1.82) is 0 Å². The van der Waals surface area contributed by atoms with Crippen LogP contribution in [0.2, 0.25) is 0 Å². The fraction of sp³-hybridized carbons (Fsp3) is 0.400. The van der Waals surface area contributed by atoms with E-state index in [0.717, 1.165) is 11.7 Å². The Morgan fingerprint density at radius 2 is 2.26 bits per heavy atom. The lowest BCUT2D eigenvalue weighted by molar-refractivity contribution is 0.419. The minimum absolute atomic E-state index is 0.0555. The summed E-state index contributed by atoms with van der Waals surface area (Å²) in [7, 11) is 1.99. The zero-order valence-electron chi connectivity index (χ0n) is 11.2. The first-order chi connectivity index (χ1) is 9.29. The molecule has 1 aromatic carbocycles. The van der Waals surface area contributed by atoms with Gasteiger partial charge < -0.3 is 4.57 Å².